The van der Waals surface area contributed by atoms with Crippen LogP contribution in [0.1, 0.15) is 16.1 Å². The zero-order valence-corrected chi connectivity index (χ0v) is 13.7. The molecule has 3 rings (SSSR count). The Kier molecular flexibility index (Phi) is 4.99. The molecule has 3 aromatic rings. The third-order valence-electron chi connectivity index (χ3n) is 3.63. The number of hydrogen-bond acceptors (Lipinski definition) is 4. The molecule has 1 N–H and O–H groups in total. The number of halogens is 1. The number of carbonyl (C=O) groups excluding carboxylic acids is 1. The van der Waals surface area contributed by atoms with Crippen molar-refractivity contribution in [2.24, 2.45) is 0 Å². The van der Waals surface area contributed by atoms with Gasteiger partial charge < -0.3 is 10.2 Å². The number of para-hydroxylation sites is 1. The van der Waals surface area contributed by atoms with Crippen LogP contribution in [0.4, 0.5) is 15.9 Å². The lowest BCUT2D eigenvalue weighted by Crippen LogP contribution is -2.27. The Morgan fingerprint density at radius 3 is 2.56 bits per heavy atom. The highest BCUT2D eigenvalue weighted by Gasteiger charge is 2.15. The van der Waals surface area contributed by atoms with E-state index in [1.165, 1.54) is 18.5 Å². The van der Waals surface area contributed by atoms with Crippen LogP contribution in [0.3, 0.4) is 0 Å². The van der Waals surface area contributed by atoms with Crippen molar-refractivity contribution in [1.82, 2.24) is 14.9 Å². The summed E-state index contributed by atoms with van der Waals surface area (Å²) in [5, 5.41) is 2.86. The molecule has 1 amide bonds. The molecular formula is C19H17FN4O. The van der Waals surface area contributed by atoms with Gasteiger partial charge in [0, 0.05) is 19.7 Å². The second kappa shape index (κ2) is 7.53. The number of nitrogens with zero attached hydrogens (tertiary/aromatic N) is 3. The number of anilines is 2. The Morgan fingerprint density at radius 1 is 1.08 bits per heavy atom. The highest BCUT2D eigenvalue weighted by atomic mass is 19.1. The molecule has 0 saturated heterocycles. The molecule has 0 bridgehead atoms. The summed E-state index contributed by atoms with van der Waals surface area (Å²) in [5.74, 6) is -0.269. The average molecular weight is 336 g/mol. The quantitative estimate of drug-likeness (QED) is 0.773. The molecule has 0 aliphatic carbocycles. The molecule has 0 aliphatic heterocycles. The number of aromatic nitrogens is 2. The van der Waals surface area contributed by atoms with Gasteiger partial charge in [-0.15, -0.1) is 0 Å². The summed E-state index contributed by atoms with van der Waals surface area (Å²) in [6, 6.07) is 17.5. The summed E-state index contributed by atoms with van der Waals surface area (Å²) >= 11 is 0. The predicted octanol–water partition coefficient (Wildman–Crippen LogP) is 3.63. The number of amides is 1. The molecule has 0 fully saturated rings. The standard InChI is InChI=1S/C19H17FN4O/c1-24(12-14-7-3-2-4-8-14)19(25)17-11-18(22-13-21-17)23-16-10-6-5-9-15(16)20/h2-11,13H,12H2,1H3,(H,21,22,23). The van der Waals surface area contributed by atoms with Gasteiger partial charge >= 0.3 is 0 Å². The SMILES string of the molecule is CN(Cc1ccccc1)C(=O)c1cc(Nc2ccccc2F)ncn1. The maximum atomic E-state index is 13.7. The van der Waals surface area contributed by atoms with E-state index >= 15 is 0 Å². The number of rotatable bonds is 5. The van der Waals surface area contributed by atoms with E-state index < -0.39 is 5.82 Å². The maximum Gasteiger partial charge on any atom is 0.272 e. The van der Waals surface area contributed by atoms with Crippen LogP contribution < -0.4 is 5.32 Å². The zero-order chi connectivity index (χ0) is 17.6. The van der Waals surface area contributed by atoms with E-state index in [9.17, 15) is 9.18 Å². The molecular weight excluding hydrogens is 319 g/mol. The van der Waals surface area contributed by atoms with Crippen molar-refractivity contribution in [3.05, 3.63) is 84.1 Å². The molecule has 5 nitrogen and oxygen atoms in total. The summed E-state index contributed by atoms with van der Waals surface area (Å²) in [4.78, 5) is 22.2. The first-order chi connectivity index (χ1) is 12.1. The zero-order valence-electron chi connectivity index (χ0n) is 13.7. The minimum absolute atomic E-state index is 0.233. The minimum Gasteiger partial charge on any atom is -0.338 e. The maximum absolute atomic E-state index is 13.7. The number of nitrogens with one attached hydrogen (secondary N) is 1. The fourth-order valence-corrected chi connectivity index (χ4v) is 2.37. The van der Waals surface area contributed by atoms with Gasteiger partial charge in [-0.3, -0.25) is 4.79 Å². The fourth-order valence-electron chi connectivity index (χ4n) is 2.37. The Labute approximate surface area is 145 Å². The third kappa shape index (κ3) is 4.17. The Bertz CT molecular complexity index is 870. The number of carbonyl (C=O) groups is 1. The summed E-state index contributed by atoms with van der Waals surface area (Å²) in [5.41, 5.74) is 1.56. The van der Waals surface area contributed by atoms with Gasteiger partial charge in [-0.05, 0) is 17.7 Å². The molecule has 0 unspecified atom stereocenters. The molecule has 0 atom stereocenters. The molecule has 126 valence electrons. The van der Waals surface area contributed by atoms with E-state index in [4.69, 9.17) is 0 Å². The summed E-state index contributed by atoms with van der Waals surface area (Å²) in [6.07, 6.45) is 1.28. The van der Waals surface area contributed by atoms with E-state index in [2.05, 4.69) is 15.3 Å². The highest BCUT2D eigenvalue weighted by molar-refractivity contribution is 5.92. The van der Waals surface area contributed by atoms with Crippen molar-refractivity contribution in [3.8, 4) is 0 Å². The molecule has 0 radical (unpaired) electrons. The summed E-state index contributed by atoms with van der Waals surface area (Å²) < 4.78 is 13.7. The van der Waals surface area contributed by atoms with Crippen molar-refractivity contribution in [2.75, 3.05) is 12.4 Å². The van der Waals surface area contributed by atoms with Gasteiger partial charge in [0.2, 0.25) is 0 Å². The second-order valence-electron chi connectivity index (χ2n) is 5.54. The van der Waals surface area contributed by atoms with Crippen molar-refractivity contribution in [2.45, 2.75) is 6.54 Å². The van der Waals surface area contributed by atoms with E-state index in [1.54, 1.807) is 30.1 Å². The molecule has 0 spiro atoms. The third-order valence-corrected chi connectivity index (χ3v) is 3.63. The van der Waals surface area contributed by atoms with Gasteiger partial charge in [-0.1, -0.05) is 42.5 Å². The van der Waals surface area contributed by atoms with Crippen LogP contribution in [0.25, 0.3) is 0 Å². The first-order valence-electron chi connectivity index (χ1n) is 7.76. The summed E-state index contributed by atoms with van der Waals surface area (Å²) in [6.45, 7) is 0.472. The molecule has 1 heterocycles. The second-order valence-corrected chi connectivity index (χ2v) is 5.54. The van der Waals surface area contributed by atoms with Gasteiger partial charge in [0.1, 0.15) is 23.7 Å². The van der Waals surface area contributed by atoms with Gasteiger partial charge in [0.05, 0.1) is 5.69 Å². The lowest BCUT2D eigenvalue weighted by Gasteiger charge is -2.17. The molecule has 0 saturated carbocycles. The Balaban J connectivity index is 1.74. The number of benzene rings is 2. The smallest absolute Gasteiger partial charge is 0.272 e. The van der Waals surface area contributed by atoms with Crippen molar-refractivity contribution >= 4 is 17.4 Å². The first kappa shape index (κ1) is 16.6. The van der Waals surface area contributed by atoms with E-state index in [1.807, 2.05) is 30.3 Å². The Hall–Kier alpha value is -3.28. The van der Waals surface area contributed by atoms with Gasteiger partial charge in [-0.25, -0.2) is 14.4 Å². The summed E-state index contributed by atoms with van der Waals surface area (Å²) in [7, 11) is 1.71. The number of hydrogen-bond donors (Lipinski definition) is 1. The van der Waals surface area contributed by atoms with Crippen LogP contribution in [-0.2, 0) is 6.54 Å². The molecule has 25 heavy (non-hydrogen) atoms. The monoisotopic (exact) mass is 336 g/mol. The van der Waals surface area contributed by atoms with E-state index in [-0.39, 0.29) is 17.3 Å². The van der Waals surface area contributed by atoms with Crippen LogP contribution in [0.5, 0.6) is 0 Å². The van der Waals surface area contributed by atoms with Crippen molar-refractivity contribution in [1.29, 1.82) is 0 Å². The first-order valence-corrected chi connectivity index (χ1v) is 7.76. The highest BCUT2D eigenvalue weighted by Crippen LogP contribution is 2.18. The van der Waals surface area contributed by atoms with E-state index in [0.717, 1.165) is 5.56 Å². The molecule has 2 aromatic carbocycles. The van der Waals surface area contributed by atoms with E-state index in [0.29, 0.717) is 12.4 Å². The Morgan fingerprint density at radius 2 is 1.80 bits per heavy atom. The largest absolute Gasteiger partial charge is 0.338 e. The molecule has 1 aromatic heterocycles. The minimum atomic E-state index is -0.393. The lowest BCUT2D eigenvalue weighted by atomic mass is 10.2. The van der Waals surface area contributed by atoms with Crippen LogP contribution in [0, 0.1) is 5.82 Å². The van der Waals surface area contributed by atoms with Crippen molar-refractivity contribution in [3.63, 3.8) is 0 Å². The van der Waals surface area contributed by atoms with Gasteiger partial charge in [0.25, 0.3) is 5.91 Å². The fraction of sp³-hybridized carbons (Fsp3) is 0.105. The van der Waals surface area contributed by atoms with Crippen LogP contribution in [0.15, 0.2) is 67.0 Å². The van der Waals surface area contributed by atoms with Crippen molar-refractivity contribution < 1.29 is 9.18 Å². The lowest BCUT2D eigenvalue weighted by molar-refractivity contribution is 0.0779. The molecule has 6 heteroatoms. The average Bonchev–Trinajstić information content (AvgIpc) is 2.64. The van der Waals surface area contributed by atoms with Crippen LogP contribution in [0.2, 0.25) is 0 Å². The van der Waals surface area contributed by atoms with Crippen LogP contribution in [-0.4, -0.2) is 27.8 Å². The topological polar surface area (TPSA) is 58.1 Å². The van der Waals surface area contributed by atoms with Gasteiger partial charge in [-0.2, -0.15) is 0 Å². The van der Waals surface area contributed by atoms with Gasteiger partial charge in [0.15, 0.2) is 0 Å². The predicted molar refractivity (Wildman–Crippen MR) is 94.0 cm³/mol. The normalized spacial score (nSPS) is 10.3. The van der Waals surface area contributed by atoms with Crippen LogP contribution >= 0.6 is 0 Å². The molecule has 0 aliphatic rings.